The Kier molecular flexibility index (Phi) is 8.60. The minimum Gasteiger partial charge on any atom is -0.236 e. The third-order valence-corrected chi connectivity index (χ3v) is 12.2. The summed E-state index contributed by atoms with van der Waals surface area (Å²) in [6.45, 7) is 0. The Morgan fingerprint density at radius 1 is 0.302 bits per heavy atom. The summed E-state index contributed by atoms with van der Waals surface area (Å²) in [6, 6.07) is 47.8. The van der Waals surface area contributed by atoms with E-state index in [1.165, 1.54) is 24.3 Å². The first-order valence-corrected chi connectivity index (χ1v) is 20.1. The van der Waals surface area contributed by atoms with Crippen molar-refractivity contribution in [2.45, 2.75) is 17.8 Å². The van der Waals surface area contributed by atoms with Crippen molar-refractivity contribution in [1.29, 1.82) is 0 Å². The maximum Gasteiger partial charge on any atom is 0.416 e. The normalized spacial score (nSPS) is 13.4. The summed E-state index contributed by atoms with van der Waals surface area (Å²) < 4.78 is 79.7. The summed E-state index contributed by atoms with van der Waals surface area (Å²) in [5, 5.41) is 0. The highest BCUT2D eigenvalue weighted by molar-refractivity contribution is 5.98. The van der Waals surface area contributed by atoms with Crippen LogP contribution in [0.15, 0.2) is 183 Å². The monoisotopic (exact) mass is 836 g/mol. The first-order valence-electron chi connectivity index (χ1n) is 20.1. The summed E-state index contributed by atoms with van der Waals surface area (Å²) >= 11 is 0. The number of alkyl halides is 6. The Bertz CT molecular complexity index is 3010. The van der Waals surface area contributed by atoms with Gasteiger partial charge < -0.3 is 0 Å². The standard InChI is InChI=1S/C53H30F6N4/c54-52(55,56)37-19-13-31(14-20-37)49-60-27-35(28-61-49)33-17-23-43-39-7-1-2-8-40(39)44-24-18-34(36-29-62-50(63-30-36)32-15-21-38(22-16-32)53(57,58)59)26-48(44)51(47(43)25-33)45-11-5-3-9-41(45)42-10-4-6-12-46(42)51/h1-30H. The van der Waals surface area contributed by atoms with Crippen molar-refractivity contribution in [1.82, 2.24) is 19.9 Å². The minimum absolute atomic E-state index is 0.309. The predicted octanol–water partition coefficient (Wildman–Crippen LogP) is 14.0. The van der Waals surface area contributed by atoms with Gasteiger partial charge in [-0.15, -0.1) is 0 Å². The third kappa shape index (κ3) is 6.15. The average molecular weight is 837 g/mol. The van der Waals surface area contributed by atoms with Gasteiger partial charge in [-0.2, -0.15) is 26.3 Å². The molecule has 304 valence electrons. The summed E-state index contributed by atoms with van der Waals surface area (Å²) in [6.07, 6.45) is -2.08. The molecule has 0 fully saturated rings. The lowest BCUT2D eigenvalue weighted by Gasteiger charge is -2.36. The van der Waals surface area contributed by atoms with Gasteiger partial charge in [0.05, 0.1) is 16.5 Å². The molecule has 0 saturated heterocycles. The lowest BCUT2D eigenvalue weighted by atomic mass is 9.65. The Balaban J connectivity index is 1.10. The van der Waals surface area contributed by atoms with E-state index in [2.05, 4.69) is 117 Å². The molecule has 2 aliphatic carbocycles. The van der Waals surface area contributed by atoms with Crippen molar-refractivity contribution in [2.75, 3.05) is 0 Å². The van der Waals surface area contributed by atoms with Crippen LogP contribution in [-0.2, 0) is 17.8 Å². The van der Waals surface area contributed by atoms with E-state index in [-0.39, 0.29) is 0 Å². The van der Waals surface area contributed by atoms with Crippen molar-refractivity contribution >= 4 is 0 Å². The Hall–Kier alpha value is -7.72. The molecule has 7 aromatic carbocycles. The molecule has 0 atom stereocenters. The predicted molar refractivity (Wildman–Crippen MR) is 231 cm³/mol. The molecule has 2 aliphatic rings. The van der Waals surface area contributed by atoms with Crippen molar-refractivity contribution in [2.24, 2.45) is 0 Å². The van der Waals surface area contributed by atoms with Gasteiger partial charge in [0.1, 0.15) is 0 Å². The van der Waals surface area contributed by atoms with Gasteiger partial charge in [-0.1, -0.05) is 121 Å². The van der Waals surface area contributed by atoms with Gasteiger partial charge in [0.15, 0.2) is 11.6 Å². The molecule has 4 nitrogen and oxygen atoms in total. The number of rotatable bonds is 4. The van der Waals surface area contributed by atoms with Gasteiger partial charge in [0.25, 0.3) is 0 Å². The van der Waals surface area contributed by atoms with E-state index < -0.39 is 28.9 Å². The maximum absolute atomic E-state index is 13.3. The molecule has 63 heavy (non-hydrogen) atoms. The van der Waals surface area contributed by atoms with E-state index in [4.69, 9.17) is 0 Å². The van der Waals surface area contributed by atoms with Crippen LogP contribution < -0.4 is 0 Å². The van der Waals surface area contributed by atoms with Crippen molar-refractivity contribution in [3.63, 3.8) is 0 Å². The molecular weight excluding hydrogens is 807 g/mol. The largest absolute Gasteiger partial charge is 0.416 e. The second-order valence-electron chi connectivity index (χ2n) is 15.6. The number of aromatic nitrogens is 4. The van der Waals surface area contributed by atoms with Gasteiger partial charge in [0.2, 0.25) is 0 Å². The van der Waals surface area contributed by atoms with Crippen molar-refractivity contribution < 1.29 is 26.3 Å². The van der Waals surface area contributed by atoms with Crippen LogP contribution in [0.4, 0.5) is 26.3 Å². The molecule has 0 unspecified atom stereocenters. The molecule has 2 heterocycles. The average Bonchev–Trinajstić information content (AvgIpc) is 3.56. The van der Waals surface area contributed by atoms with E-state index in [9.17, 15) is 26.3 Å². The van der Waals surface area contributed by atoms with E-state index in [1.54, 1.807) is 24.8 Å². The highest BCUT2D eigenvalue weighted by Gasteiger charge is 2.50. The second-order valence-corrected chi connectivity index (χ2v) is 15.6. The summed E-state index contributed by atoms with van der Waals surface area (Å²) in [4.78, 5) is 18.5. The zero-order chi connectivity index (χ0) is 43.1. The second kappa shape index (κ2) is 14.2. The maximum atomic E-state index is 13.3. The van der Waals surface area contributed by atoms with Crippen LogP contribution in [0.2, 0.25) is 0 Å². The first kappa shape index (κ1) is 38.2. The lowest BCUT2D eigenvalue weighted by Crippen LogP contribution is -2.29. The fourth-order valence-electron chi connectivity index (χ4n) is 9.32. The number of hydrogen-bond acceptors (Lipinski definition) is 4. The zero-order valence-corrected chi connectivity index (χ0v) is 32.9. The van der Waals surface area contributed by atoms with E-state index >= 15 is 0 Å². The molecule has 0 aliphatic heterocycles. The smallest absolute Gasteiger partial charge is 0.236 e. The van der Waals surface area contributed by atoms with Crippen LogP contribution >= 0.6 is 0 Å². The molecular formula is C53H30F6N4. The number of benzene rings is 7. The summed E-state index contributed by atoms with van der Waals surface area (Å²) in [5.41, 5.74) is 12.6. The van der Waals surface area contributed by atoms with Crippen molar-refractivity contribution in [3.05, 3.63) is 216 Å². The van der Waals surface area contributed by atoms with Crippen LogP contribution in [-0.4, -0.2) is 19.9 Å². The van der Waals surface area contributed by atoms with Crippen LogP contribution in [0.1, 0.15) is 33.4 Å². The SMILES string of the molecule is FC(F)(F)c1ccc(-c2ncc(-c3ccc4c(c3)C3(c5cc(-c6cnc(-c7ccc(C(F)(F)F)cc7)nc6)ccc5-c5ccccc5-4)c4ccccc4-c4ccccc43)cn2)cc1. The van der Waals surface area contributed by atoms with Gasteiger partial charge in [-0.05, 0) is 103 Å². The highest BCUT2D eigenvalue weighted by atomic mass is 19.4. The Morgan fingerprint density at radius 3 is 0.984 bits per heavy atom. The van der Waals surface area contributed by atoms with Gasteiger partial charge in [-0.3, -0.25) is 0 Å². The Morgan fingerprint density at radius 2 is 0.619 bits per heavy atom. The fraction of sp³-hybridized carbons (Fsp3) is 0.0566. The lowest BCUT2D eigenvalue weighted by molar-refractivity contribution is -0.138. The third-order valence-electron chi connectivity index (χ3n) is 12.2. The zero-order valence-electron chi connectivity index (χ0n) is 32.9. The number of fused-ring (bicyclic) bond motifs is 12. The van der Waals surface area contributed by atoms with E-state index in [0.29, 0.717) is 22.8 Å². The molecule has 11 rings (SSSR count). The molecule has 1 spiro atoms. The molecule has 0 radical (unpaired) electrons. The van der Waals surface area contributed by atoms with Crippen LogP contribution in [0, 0.1) is 0 Å². The van der Waals surface area contributed by atoms with Crippen LogP contribution in [0.25, 0.3) is 78.4 Å². The van der Waals surface area contributed by atoms with Gasteiger partial charge >= 0.3 is 12.4 Å². The number of nitrogens with zero attached hydrogens (tertiary/aromatic N) is 4. The van der Waals surface area contributed by atoms with E-state index in [0.717, 1.165) is 102 Å². The molecule has 0 bridgehead atoms. The van der Waals surface area contributed by atoms with Gasteiger partial charge in [-0.25, -0.2) is 19.9 Å². The molecule has 9 aromatic rings. The van der Waals surface area contributed by atoms with E-state index in [1.807, 2.05) is 12.1 Å². The summed E-state index contributed by atoms with van der Waals surface area (Å²) in [5.74, 6) is 0.619. The minimum atomic E-state index is -4.45. The number of hydrogen-bond donors (Lipinski definition) is 0. The molecule has 2 aromatic heterocycles. The van der Waals surface area contributed by atoms with Crippen molar-refractivity contribution in [3.8, 4) is 78.4 Å². The van der Waals surface area contributed by atoms with Crippen LogP contribution in [0.3, 0.4) is 0 Å². The molecule has 0 amide bonds. The first-order chi connectivity index (χ1) is 30.5. The topological polar surface area (TPSA) is 51.6 Å². The quantitative estimate of drug-likeness (QED) is 0.166. The highest BCUT2D eigenvalue weighted by Crippen LogP contribution is 2.62. The Labute approximate surface area is 357 Å². The molecule has 0 saturated carbocycles. The van der Waals surface area contributed by atoms with Crippen LogP contribution in [0.5, 0.6) is 0 Å². The fourth-order valence-corrected chi connectivity index (χ4v) is 9.32. The summed E-state index contributed by atoms with van der Waals surface area (Å²) in [7, 11) is 0. The molecule has 10 heteroatoms. The molecule has 0 N–H and O–H groups in total. The number of halogens is 6. The van der Waals surface area contributed by atoms with Gasteiger partial charge in [0, 0.05) is 47.0 Å².